The number of alkyl halides is 3. The fraction of sp³-hybridized carbons (Fsp3) is 0.0800. The highest BCUT2D eigenvalue weighted by atomic mass is 35.5. The van der Waals surface area contributed by atoms with E-state index in [1.165, 1.54) is 30.3 Å². The average Bonchev–Trinajstić information content (AvgIpc) is 2.85. The Balaban J connectivity index is 1.83. The van der Waals surface area contributed by atoms with Gasteiger partial charge in [0.15, 0.2) is 5.75 Å². The lowest BCUT2D eigenvalue weighted by Crippen LogP contribution is -2.54. The Bertz CT molecular complexity index is 1640. The van der Waals surface area contributed by atoms with Crippen LogP contribution in [0.5, 0.6) is 11.5 Å². The highest BCUT2D eigenvalue weighted by Crippen LogP contribution is 2.42. The van der Waals surface area contributed by atoms with Crippen molar-refractivity contribution in [2.75, 3.05) is 4.90 Å². The molecule has 4 amide bonds. The number of barbiturate groups is 1. The molecular weight excluding hydrogens is 602 g/mol. The Labute approximate surface area is 237 Å². The first kappa shape index (κ1) is 28.9. The zero-order valence-electron chi connectivity index (χ0n) is 19.8. The molecule has 0 spiro atoms. The molecule has 1 saturated heterocycles. The molecule has 0 aromatic heterocycles. The summed E-state index contributed by atoms with van der Waals surface area (Å²) >= 11 is 18.4. The summed E-state index contributed by atoms with van der Waals surface area (Å²) in [5.41, 5.74) is -2.59. The maximum Gasteiger partial charge on any atom is 0.416 e. The van der Waals surface area contributed by atoms with Gasteiger partial charge in [-0.1, -0.05) is 40.9 Å². The van der Waals surface area contributed by atoms with Crippen LogP contribution in [-0.2, 0) is 15.8 Å². The molecule has 1 aliphatic rings. The minimum atomic E-state index is -4.86. The van der Waals surface area contributed by atoms with Gasteiger partial charge < -0.3 is 4.74 Å². The molecule has 0 saturated carbocycles. The van der Waals surface area contributed by atoms with E-state index in [1.807, 2.05) is 5.32 Å². The first-order valence-corrected chi connectivity index (χ1v) is 12.0. The molecule has 3 aromatic rings. The largest absolute Gasteiger partial charge is 0.448 e. The highest BCUT2D eigenvalue weighted by molar-refractivity contribution is 6.40. The van der Waals surface area contributed by atoms with E-state index in [2.05, 4.69) is 0 Å². The van der Waals surface area contributed by atoms with Crippen LogP contribution in [-0.4, -0.2) is 22.8 Å². The van der Waals surface area contributed by atoms with Gasteiger partial charge in [-0.25, -0.2) is 9.69 Å². The van der Waals surface area contributed by atoms with Crippen LogP contribution in [0.25, 0.3) is 6.08 Å². The minimum absolute atomic E-state index is 0.00611. The van der Waals surface area contributed by atoms with E-state index in [-0.39, 0.29) is 38.1 Å². The first-order valence-electron chi connectivity index (χ1n) is 10.9. The van der Waals surface area contributed by atoms with Gasteiger partial charge in [0.05, 0.1) is 21.2 Å². The number of nitro groups is 1. The van der Waals surface area contributed by atoms with Gasteiger partial charge >= 0.3 is 17.9 Å². The molecule has 4 rings (SSSR count). The van der Waals surface area contributed by atoms with Gasteiger partial charge in [0, 0.05) is 21.7 Å². The lowest BCUT2D eigenvalue weighted by Gasteiger charge is -2.28. The zero-order chi connectivity index (χ0) is 29.5. The number of amides is 4. The van der Waals surface area contributed by atoms with Crippen molar-refractivity contribution in [1.82, 2.24) is 5.32 Å². The molecule has 1 aliphatic heterocycles. The topological polar surface area (TPSA) is 119 Å². The molecule has 0 unspecified atom stereocenters. The van der Waals surface area contributed by atoms with Gasteiger partial charge in [-0.15, -0.1) is 0 Å². The Morgan fingerprint density at radius 2 is 1.73 bits per heavy atom. The number of imide groups is 2. The number of urea groups is 1. The van der Waals surface area contributed by atoms with E-state index < -0.39 is 51.5 Å². The number of rotatable bonds is 5. The van der Waals surface area contributed by atoms with Gasteiger partial charge in [0.2, 0.25) is 5.75 Å². The third-order valence-corrected chi connectivity index (χ3v) is 6.52. The van der Waals surface area contributed by atoms with Crippen LogP contribution in [0.15, 0.2) is 54.1 Å². The van der Waals surface area contributed by atoms with E-state index in [0.717, 1.165) is 12.1 Å². The number of carbonyl (C=O) groups is 3. The fourth-order valence-corrected chi connectivity index (χ4v) is 4.42. The van der Waals surface area contributed by atoms with Crippen LogP contribution in [0, 0.1) is 17.0 Å². The molecule has 1 heterocycles. The number of carbonyl (C=O) groups excluding carboxylic acids is 3. The molecular formula is C25H13Cl3F3N3O6. The first-order chi connectivity index (χ1) is 18.7. The van der Waals surface area contributed by atoms with Crippen LogP contribution >= 0.6 is 34.8 Å². The second kappa shape index (κ2) is 10.8. The summed E-state index contributed by atoms with van der Waals surface area (Å²) in [6.07, 6.45) is -3.89. The van der Waals surface area contributed by atoms with Crippen molar-refractivity contribution < 1.29 is 37.2 Å². The fourth-order valence-electron chi connectivity index (χ4n) is 3.70. The van der Waals surface area contributed by atoms with Crippen molar-refractivity contribution in [1.29, 1.82) is 0 Å². The minimum Gasteiger partial charge on any atom is -0.448 e. The van der Waals surface area contributed by atoms with E-state index in [1.54, 1.807) is 6.92 Å². The Kier molecular flexibility index (Phi) is 7.79. The van der Waals surface area contributed by atoms with E-state index >= 15 is 0 Å². The van der Waals surface area contributed by atoms with Crippen molar-refractivity contribution >= 4 is 70.1 Å². The number of halogens is 6. The van der Waals surface area contributed by atoms with Gasteiger partial charge in [-0.3, -0.25) is 25.0 Å². The van der Waals surface area contributed by atoms with Gasteiger partial charge in [0.1, 0.15) is 5.57 Å². The zero-order valence-corrected chi connectivity index (χ0v) is 22.1. The monoisotopic (exact) mass is 613 g/mol. The smallest absolute Gasteiger partial charge is 0.416 e. The molecule has 9 nitrogen and oxygen atoms in total. The molecule has 15 heteroatoms. The summed E-state index contributed by atoms with van der Waals surface area (Å²) in [5.74, 6) is -3.13. The van der Waals surface area contributed by atoms with Crippen LogP contribution in [0.2, 0.25) is 15.1 Å². The van der Waals surface area contributed by atoms with Crippen LogP contribution in [0.3, 0.4) is 0 Å². The van der Waals surface area contributed by atoms with Crippen molar-refractivity contribution in [3.63, 3.8) is 0 Å². The van der Waals surface area contributed by atoms with Crippen molar-refractivity contribution in [2.24, 2.45) is 0 Å². The molecule has 3 aromatic carbocycles. The van der Waals surface area contributed by atoms with Crippen LogP contribution in [0.1, 0.15) is 16.7 Å². The molecule has 40 heavy (non-hydrogen) atoms. The standard InChI is InChI=1S/C25H13Cl3F3N3O6/c1-11-16(27)3-2-4-18(11)33-23(36)15(22(35)32-24(33)37)8-12-7-14(26)10-17(28)21(12)40-20-6-5-13(25(29,30)31)9-19(20)34(38)39/h2-10H,1H3,(H,32,35,37)/b15-8+. The summed E-state index contributed by atoms with van der Waals surface area (Å²) in [4.78, 5) is 49.7. The number of nitrogens with one attached hydrogen (secondary N) is 1. The van der Waals surface area contributed by atoms with Crippen LogP contribution < -0.4 is 15.0 Å². The quantitative estimate of drug-likeness (QED) is 0.139. The molecule has 1 fully saturated rings. The number of benzene rings is 3. The molecule has 0 aliphatic carbocycles. The maximum atomic E-state index is 13.4. The Hall–Kier alpha value is -4.13. The second-order valence-corrected chi connectivity index (χ2v) is 9.44. The van der Waals surface area contributed by atoms with Crippen LogP contribution in [0.4, 0.5) is 29.3 Å². The lowest BCUT2D eigenvalue weighted by atomic mass is 10.0. The van der Waals surface area contributed by atoms with E-state index in [4.69, 9.17) is 39.5 Å². The number of hydrogen-bond acceptors (Lipinski definition) is 6. The number of nitrogens with zero attached hydrogens (tertiary/aromatic N) is 2. The van der Waals surface area contributed by atoms with E-state index in [0.29, 0.717) is 16.5 Å². The second-order valence-electron chi connectivity index (χ2n) is 8.19. The van der Waals surface area contributed by atoms with E-state index in [9.17, 15) is 37.7 Å². The predicted molar refractivity (Wildman–Crippen MR) is 140 cm³/mol. The summed E-state index contributed by atoms with van der Waals surface area (Å²) in [5, 5.41) is 13.5. The Morgan fingerprint density at radius 1 is 1.02 bits per heavy atom. The normalized spacial score (nSPS) is 14.9. The third-order valence-electron chi connectivity index (χ3n) is 5.61. The molecule has 0 bridgehead atoms. The molecule has 0 atom stereocenters. The average molecular weight is 615 g/mol. The molecule has 206 valence electrons. The predicted octanol–water partition coefficient (Wildman–Crippen LogP) is 7.34. The number of anilines is 1. The number of hydrogen-bond donors (Lipinski definition) is 1. The number of ether oxygens (including phenoxy) is 1. The summed E-state index contributed by atoms with van der Waals surface area (Å²) in [6.45, 7) is 1.55. The van der Waals surface area contributed by atoms with Gasteiger partial charge in [0.25, 0.3) is 11.8 Å². The summed E-state index contributed by atoms with van der Waals surface area (Å²) in [6, 6.07) is 7.35. The van der Waals surface area contributed by atoms with Crippen molar-refractivity contribution in [3.8, 4) is 11.5 Å². The Morgan fingerprint density at radius 3 is 2.38 bits per heavy atom. The van der Waals surface area contributed by atoms with Crippen molar-refractivity contribution in [2.45, 2.75) is 13.1 Å². The van der Waals surface area contributed by atoms with Gasteiger partial charge in [-0.2, -0.15) is 13.2 Å². The number of nitro benzene ring substituents is 1. The third kappa shape index (κ3) is 5.60. The molecule has 1 N–H and O–H groups in total. The maximum absolute atomic E-state index is 13.4. The summed E-state index contributed by atoms with van der Waals surface area (Å²) in [7, 11) is 0. The lowest BCUT2D eigenvalue weighted by molar-refractivity contribution is -0.385. The molecule has 0 radical (unpaired) electrons. The van der Waals surface area contributed by atoms with Gasteiger partial charge in [-0.05, 0) is 55.0 Å². The SMILES string of the molecule is Cc1c(Cl)cccc1N1C(=O)NC(=O)/C(=C\c2cc(Cl)cc(Cl)c2Oc2ccc(C(F)(F)F)cc2[N+](=O)[O-])C1=O. The summed E-state index contributed by atoms with van der Waals surface area (Å²) < 4.78 is 44.9. The van der Waals surface area contributed by atoms with Crippen molar-refractivity contribution in [3.05, 3.63) is 96.0 Å². The highest BCUT2D eigenvalue weighted by Gasteiger charge is 2.38.